The van der Waals surface area contributed by atoms with Crippen molar-refractivity contribution in [2.75, 3.05) is 11.9 Å². The number of rotatable bonds is 3. The quantitative estimate of drug-likeness (QED) is 0.856. The molecule has 0 saturated carbocycles. The van der Waals surface area contributed by atoms with Crippen LogP contribution in [0.5, 0.6) is 0 Å². The smallest absolute Gasteiger partial charge is 0.104 e. The largest absolute Gasteiger partial charge is 0.389 e. The maximum atomic E-state index is 5.78. The summed E-state index contributed by atoms with van der Waals surface area (Å²) in [5, 5.41) is 2.31. The van der Waals surface area contributed by atoms with Crippen molar-refractivity contribution in [3.63, 3.8) is 0 Å². The number of benzene rings is 2. The van der Waals surface area contributed by atoms with E-state index in [0.717, 1.165) is 10.9 Å². The van der Waals surface area contributed by atoms with Crippen LogP contribution in [0.25, 0.3) is 10.8 Å². The van der Waals surface area contributed by atoms with Crippen LogP contribution in [-0.4, -0.2) is 18.1 Å². The van der Waals surface area contributed by atoms with Crippen molar-refractivity contribution in [3.8, 4) is 0 Å². The first-order valence-corrected chi connectivity index (χ1v) is 6.47. The van der Waals surface area contributed by atoms with Gasteiger partial charge in [0.2, 0.25) is 0 Å². The van der Waals surface area contributed by atoms with Gasteiger partial charge in [0.15, 0.2) is 0 Å². The van der Waals surface area contributed by atoms with E-state index < -0.39 is 0 Å². The average molecular weight is 258 g/mol. The summed E-state index contributed by atoms with van der Waals surface area (Å²) in [6, 6.07) is 12.8. The van der Waals surface area contributed by atoms with Crippen LogP contribution < -0.4 is 10.6 Å². The Morgan fingerprint density at radius 2 is 1.72 bits per heavy atom. The maximum absolute atomic E-state index is 5.78. The van der Waals surface area contributed by atoms with Crippen LogP contribution in [0.2, 0.25) is 0 Å². The molecule has 3 heteroatoms. The molecule has 0 aromatic heterocycles. The number of thiocarbonyl (C=S) groups is 1. The molecule has 2 N–H and O–H groups in total. The van der Waals surface area contributed by atoms with E-state index in [4.69, 9.17) is 18.0 Å². The SMILES string of the molecule is CC(C)N(C)c1ccc(C(N)=S)c2ccccc12. The zero-order chi connectivity index (χ0) is 13.3. The van der Waals surface area contributed by atoms with Gasteiger partial charge in [0, 0.05) is 29.7 Å². The van der Waals surface area contributed by atoms with Crippen LogP contribution in [0.4, 0.5) is 5.69 Å². The van der Waals surface area contributed by atoms with Crippen molar-refractivity contribution in [1.29, 1.82) is 0 Å². The number of anilines is 1. The van der Waals surface area contributed by atoms with E-state index >= 15 is 0 Å². The number of hydrogen-bond acceptors (Lipinski definition) is 2. The van der Waals surface area contributed by atoms with Gasteiger partial charge >= 0.3 is 0 Å². The van der Waals surface area contributed by atoms with Crippen LogP contribution in [0, 0.1) is 0 Å². The second-order valence-corrected chi connectivity index (χ2v) is 5.19. The fourth-order valence-corrected chi connectivity index (χ4v) is 2.26. The first-order chi connectivity index (χ1) is 8.52. The lowest BCUT2D eigenvalue weighted by Gasteiger charge is -2.26. The molecule has 0 unspecified atom stereocenters. The predicted octanol–water partition coefficient (Wildman–Crippen LogP) is 3.32. The summed E-state index contributed by atoms with van der Waals surface area (Å²) in [6.45, 7) is 4.35. The summed E-state index contributed by atoms with van der Waals surface area (Å²) < 4.78 is 0. The molecule has 2 aromatic carbocycles. The number of hydrogen-bond donors (Lipinski definition) is 1. The lowest BCUT2D eigenvalue weighted by atomic mass is 10.0. The van der Waals surface area contributed by atoms with Crippen molar-refractivity contribution in [3.05, 3.63) is 42.0 Å². The van der Waals surface area contributed by atoms with E-state index in [2.05, 4.69) is 44.0 Å². The van der Waals surface area contributed by atoms with Gasteiger partial charge < -0.3 is 10.6 Å². The Hall–Kier alpha value is -1.61. The standard InChI is InChI=1S/C15H18N2S/c1-10(2)17(3)14-9-8-13(15(16)18)11-6-4-5-7-12(11)14/h4-10H,1-3H3,(H2,16,18). The summed E-state index contributed by atoms with van der Waals surface area (Å²) in [5.41, 5.74) is 7.94. The van der Waals surface area contributed by atoms with E-state index in [1.54, 1.807) is 0 Å². The zero-order valence-corrected chi connectivity index (χ0v) is 11.8. The summed E-state index contributed by atoms with van der Waals surface area (Å²) in [5.74, 6) is 0. The molecule has 0 fully saturated rings. The molecule has 0 aliphatic heterocycles. The third-order valence-corrected chi connectivity index (χ3v) is 3.54. The van der Waals surface area contributed by atoms with Crippen molar-refractivity contribution >= 4 is 33.7 Å². The summed E-state index contributed by atoms with van der Waals surface area (Å²) in [6.07, 6.45) is 0. The molecule has 0 saturated heterocycles. The zero-order valence-electron chi connectivity index (χ0n) is 11.0. The molecule has 2 rings (SSSR count). The highest BCUT2D eigenvalue weighted by atomic mass is 32.1. The fraction of sp³-hybridized carbons (Fsp3) is 0.267. The van der Waals surface area contributed by atoms with Crippen LogP contribution in [0.15, 0.2) is 36.4 Å². The molecule has 94 valence electrons. The third kappa shape index (κ3) is 2.18. The van der Waals surface area contributed by atoms with Gasteiger partial charge in [-0.05, 0) is 31.4 Å². The van der Waals surface area contributed by atoms with Crippen LogP contribution in [-0.2, 0) is 0 Å². The molecule has 0 aliphatic rings. The second-order valence-electron chi connectivity index (χ2n) is 4.75. The van der Waals surface area contributed by atoms with Crippen LogP contribution in [0.1, 0.15) is 19.4 Å². The Kier molecular flexibility index (Phi) is 3.53. The van der Waals surface area contributed by atoms with Gasteiger partial charge in [0.25, 0.3) is 0 Å². The van der Waals surface area contributed by atoms with Gasteiger partial charge in [0.05, 0.1) is 0 Å². The molecule has 2 nitrogen and oxygen atoms in total. The first kappa shape index (κ1) is 12.8. The third-order valence-electron chi connectivity index (χ3n) is 3.32. The molecule has 0 radical (unpaired) electrons. The second kappa shape index (κ2) is 4.94. The monoisotopic (exact) mass is 258 g/mol. The van der Waals surface area contributed by atoms with Gasteiger partial charge in [-0.1, -0.05) is 36.5 Å². The van der Waals surface area contributed by atoms with E-state index in [9.17, 15) is 0 Å². The Labute approximate surface area is 113 Å². The molecular weight excluding hydrogens is 240 g/mol. The van der Waals surface area contributed by atoms with Crippen molar-refractivity contribution in [2.45, 2.75) is 19.9 Å². The number of fused-ring (bicyclic) bond motifs is 1. The molecule has 2 aromatic rings. The molecule has 0 heterocycles. The lowest BCUT2D eigenvalue weighted by Crippen LogP contribution is -2.26. The van der Waals surface area contributed by atoms with Gasteiger partial charge in [-0.3, -0.25) is 0 Å². The Morgan fingerprint density at radius 1 is 1.11 bits per heavy atom. The van der Waals surface area contributed by atoms with Gasteiger partial charge in [-0.15, -0.1) is 0 Å². The molecule has 0 bridgehead atoms. The van der Waals surface area contributed by atoms with Crippen molar-refractivity contribution in [1.82, 2.24) is 0 Å². The predicted molar refractivity (Wildman–Crippen MR) is 83.4 cm³/mol. The summed E-state index contributed by atoms with van der Waals surface area (Å²) >= 11 is 5.11. The molecule has 18 heavy (non-hydrogen) atoms. The Bertz CT molecular complexity index is 590. The van der Waals surface area contributed by atoms with E-state index in [0.29, 0.717) is 11.0 Å². The minimum atomic E-state index is 0.448. The van der Waals surface area contributed by atoms with Crippen molar-refractivity contribution in [2.24, 2.45) is 5.73 Å². The molecule has 0 spiro atoms. The van der Waals surface area contributed by atoms with Gasteiger partial charge in [0.1, 0.15) is 4.99 Å². The highest BCUT2D eigenvalue weighted by Gasteiger charge is 2.12. The maximum Gasteiger partial charge on any atom is 0.104 e. The topological polar surface area (TPSA) is 29.3 Å². The summed E-state index contributed by atoms with van der Waals surface area (Å²) in [7, 11) is 2.10. The summed E-state index contributed by atoms with van der Waals surface area (Å²) in [4.78, 5) is 2.70. The normalized spacial score (nSPS) is 10.9. The van der Waals surface area contributed by atoms with Crippen LogP contribution in [0.3, 0.4) is 0 Å². The molecular formula is C15H18N2S. The van der Waals surface area contributed by atoms with Crippen molar-refractivity contribution < 1.29 is 0 Å². The molecule has 0 atom stereocenters. The number of nitrogens with two attached hydrogens (primary N) is 1. The Balaban J connectivity index is 2.72. The minimum absolute atomic E-state index is 0.448. The minimum Gasteiger partial charge on any atom is -0.389 e. The molecule has 0 aliphatic carbocycles. The first-order valence-electron chi connectivity index (χ1n) is 6.06. The lowest BCUT2D eigenvalue weighted by molar-refractivity contribution is 0.757. The fourth-order valence-electron chi connectivity index (χ4n) is 2.08. The van der Waals surface area contributed by atoms with Gasteiger partial charge in [-0.25, -0.2) is 0 Å². The van der Waals surface area contributed by atoms with E-state index in [-0.39, 0.29) is 0 Å². The van der Waals surface area contributed by atoms with E-state index in [1.165, 1.54) is 11.1 Å². The highest BCUT2D eigenvalue weighted by molar-refractivity contribution is 7.80. The van der Waals surface area contributed by atoms with E-state index in [1.807, 2.05) is 18.2 Å². The van der Waals surface area contributed by atoms with Gasteiger partial charge in [-0.2, -0.15) is 0 Å². The Morgan fingerprint density at radius 3 is 2.28 bits per heavy atom. The average Bonchev–Trinajstić information content (AvgIpc) is 2.36. The highest BCUT2D eigenvalue weighted by Crippen LogP contribution is 2.29. The van der Waals surface area contributed by atoms with Crippen LogP contribution >= 0.6 is 12.2 Å². The number of nitrogens with zero attached hydrogens (tertiary/aromatic N) is 1. The molecule has 0 amide bonds.